The number of carbonyl (C=O) groups excluding carboxylic acids is 3. The molecule has 0 heterocycles. The van der Waals surface area contributed by atoms with E-state index in [1.165, 1.54) is 122 Å². The maximum Gasteiger partial charge on any atom is 0.472 e. The Labute approximate surface area is 502 Å². The first-order valence-corrected chi connectivity index (χ1v) is 34.6. The van der Waals surface area contributed by atoms with Crippen LogP contribution in [0.5, 0.6) is 0 Å². The molecule has 12 heteroatoms. The van der Waals surface area contributed by atoms with Crippen molar-refractivity contribution in [1.29, 1.82) is 0 Å². The van der Waals surface area contributed by atoms with Crippen molar-refractivity contribution >= 4 is 25.7 Å². The SMILES string of the molecule is CC/C=C\C/C=C\C/C=C\C/C=C\C/C=C\CCCCCC(=O)OCC(COP(=O)(O)OCC(CO)OC(=O)CCCCCCCCC/C=C\C/C=C\CCCCC)OC(=O)CCCCCCCCCCC/C=C\CCCCCCCC. The second-order valence-corrected chi connectivity index (χ2v) is 23.3. The van der Waals surface area contributed by atoms with Crippen LogP contribution in [-0.2, 0) is 42.2 Å². The Balaban J connectivity index is 4.76. The first-order valence-electron chi connectivity index (χ1n) is 33.1. The van der Waals surface area contributed by atoms with Crippen LogP contribution >= 0.6 is 7.82 Å². The fourth-order valence-electron chi connectivity index (χ4n) is 8.94. The molecule has 0 aromatic carbocycles. The second kappa shape index (κ2) is 63.4. The van der Waals surface area contributed by atoms with Crippen LogP contribution in [0.4, 0.5) is 0 Å². The summed E-state index contributed by atoms with van der Waals surface area (Å²) < 4.78 is 39.7. The molecule has 3 unspecified atom stereocenters. The van der Waals surface area contributed by atoms with Gasteiger partial charge in [-0.2, -0.15) is 0 Å². The molecule has 0 rings (SSSR count). The third kappa shape index (κ3) is 61.0. The van der Waals surface area contributed by atoms with Crippen LogP contribution in [0.25, 0.3) is 0 Å². The molecule has 0 spiro atoms. The highest BCUT2D eigenvalue weighted by atomic mass is 31.2. The van der Waals surface area contributed by atoms with E-state index in [4.69, 9.17) is 23.3 Å². The van der Waals surface area contributed by atoms with Gasteiger partial charge in [-0.05, 0) is 122 Å². The quantitative estimate of drug-likeness (QED) is 0.0197. The molecule has 0 fully saturated rings. The molecule has 0 aliphatic heterocycles. The predicted octanol–water partition coefficient (Wildman–Crippen LogP) is 20.4. The van der Waals surface area contributed by atoms with Gasteiger partial charge in [0.15, 0.2) is 6.10 Å². The van der Waals surface area contributed by atoms with Crippen LogP contribution in [0.2, 0.25) is 0 Å². The van der Waals surface area contributed by atoms with Crippen LogP contribution in [0.15, 0.2) is 97.2 Å². The Morgan fingerprint density at radius 1 is 0.354 bits per heavy atom. The number of phosphoric acid groups is 1. The normalized spacial score (nSPS) is 13.9. The average Bonchev–Trinajstić information content (AvgIpc) is 3.47. The lowest BCUT2D eigenvalue weighted by Gasteiger charge is -2.21. The lowest BCUT2D eigenvalue weighted by Crippen LogP contribution is -2.30. The number of esters is 3. The first kappa shape index (κ1) is 78.4. The van der Waals surface area contributed by atoms with Gasteiger partial charge in [-0.15, -0.1) is 0 Å². The zero-order valence-electron chi connectivity index (χ0n) is 52.4. The van der Waals surface area contributed by atoms with Crippen molar-refractivity contribution in [1.82, 2.24) is 0 Å². The summed E-state index contributed by atoms with van der Waals surface area (Å²) in [5.41, 5.74) is 0. The molecule has 0 aliphatic carbocycles. The Morgan fingerprint density at radius 3 is 1.02 bits per heavy atom. The van der Waals surface area contributed by atoms with Crippen LogP contribution < -0.4 is 0 Å². The fourth-order valence-corrected chi connectivity index (χ4v) is 9.72. The van der Waals surface area contributed by atoms with E-state index >= 15 is 0 Å². The molecule has 0 aromatic heterocycles. The van der Waals surface area contributed by atoms with Gasteiger partial charge in [0.05, 0.1) is 19.8 Å². The largest absolute Gasteiger partial charge is 0.472 e. The Bertz CT molecular complexity index is 1750. The Kier molecular flexibility index (Phi) is 60.6. The van der Waals surface area contributed by atoms with Crippen molar-refractivity contribution in [3.05, 3.63) is 97.2 Å². The third-order valence-electron chi connectivity index (χ3n) is 14.0. The standard InChI is InChI=1S/C70H121O11P/c1-4-7-10-13-16-19-22-25-28-31-33-36-38-41-44-47-50-53-56-59-68(72)77-63-67(81-70(74)61-58-55-52-49-46-43-40-37-34-32-29-26-23-20-17-14-11-8-5-2)65-79-82(75,76)78-64-66(62-71)80-69(73)60-57-54-51-48-45-42-39-35-30-27-24-21-18-15-12-9-6-3/h7,10,16,18-19,21,25-30,33,36,41,44,66-67,71H,4-6,8-9,11-15,17,20,22-24,31-32,34-35,37-40,42-43,45-65H2,1-3H3,(H,75,76)/b10-7-,19-16-,21-18-,28-25-,29-26-,30-27-,36-33-,44-41-. The molecule has 0 aliphatic rings. The smallest absolute Gasteiger partial charge is 0.462 e. The summed E-state index contributed by atoms with van der Waals surface area (Å²) in [5.74, 6) is -1.51. The maximum absolute atomic E-state index is 13.0. The van der Waals surface area contributed by atoms with E-state index < -0.39 is 57.8 Å². The number of hydrogen-bond donors (Lipinski definition) is 2. The number of ether oxygens (including phenoxy) is 3. The van der Waals surface area contributed by atoms with E-state index in [9.17, 15) is 28.9 Å². The highest BCUT2D eigenvalue weighted by molar-refractivity contribution is 7.47. The molecular weight excluding hydrogens is 1050 g/mol. The van der Waals surface area contributed by atoms with Gasteiger partial charge in [-0.3, -0.25) is 23.4 Å². The molecule has 0 amide bonds. The molecule has 0 aromatic rings. The molecule has 82 heavy (non-hydrogen) atoms. The van der Waals surface area contributed by atoms with E-state index in [-0.39, 0.29) is 25.9 Å². The van der Waals surface area contributed by atoms with E-state index in [0.717, 1.165) is 109 Å². The Morgan fingerprint density at radius 2 is 0.634 bits per heavy atom. The Hall–Kier alpha value is -3.60. The minimum absolute atomic E-state index is 0.154. The number of phosphoric ester groups is 1. The first-order chi connectivity index (χ1) is 40.2. The van der Waals surface area contributed by atoms with Crippen LogP contribution in [0.3, 0.4) is 0 Å². The van der Waals surface area contributed by atoms with E-state index in [2.05, 4.69) is 118 Å². The number of carbonyl (C=O) groups is 3. The lowest BCUT2D eigenvalue weighted by atomic mass is 10.1. The number of rotatable bonds is 61. The zero-order chi connectivity index (χ0) is 59.8. The van der Waals surface area contributed by atoms with Crippen molar-refractivity contribution in [3.63, 3.8) is 0 Å². The highest BCUT2D eigenvalue weighted by Gasteiger charge is 2.28. The van der Waals surface area contributed by atoms with Gasteiger partial charge in [0, 0.05) is 19.3 Å². The van der Waals surface area contributed by atoms with Crippen LogP contribution in [0, 0.1) is 0 Å². The topological polar surface area (TPSA) is 155 Å². The van der Waals surface area contributed by atoms with Gasteiger partial charge in [0.2, 0.25) is 0 Å². The van der Waals surface area contributed by atoms with Crippen molar-refractivity contribution in [2.45, 2.75) is 303 Å². The van der Waals surface area contributed by atoms with Gasteiger partial charge in [0.25, 0.3) is 0 Å². The molecule has 0 saturated carbocycles. The number of unbranched alkanes of at least 4 members (excludes halogenated alkanes) is 28. The molecule has 2 N–H and O–H groups in total. The van der Waals surface area contributed by atoms with E-state index in [1.54, 1.807) is 0 Å². The summed E-state index contributed by atoms with van der Waals surface area (Å²) >= 11 is 0. The molecule has 0 radical (unpaired) electrons. The molecule has 11 nitrogen and oxygen atoms in total. The molecule has 3 atom stereocenters. The third-order valence-corrected chi connectivity index (χ3v) is 14.9. The molecule has 472 valence electrons. The summed E-state index contributed by atoms with van der Waals surface area (Å²) in [6.45, 7) is 4.49. The number of aliphatic hydroxyl groups is 1. The summed E-state index contributed by atoms with van der Waals surface area (Å²) in [4.78, 5) is 48.8. The lowest BCUT2D eigenvalue weighted by molar-refractivity contribution is -0.161. The number of hydrogen-bond acceptors (Lipinski definition) is 10. The highest BCUT2D eigenvalue weighted by Crippen LogP contribution is 2.43. The van der Waals surface area contributed by atoms with Crippen LogP contribution in [0.1, 0.15) is 290 Å². The minimum atomic E-state index is -4.77. The van der Waals surface area contributed by atoms with Gasteiger partial charge in [-0.25, -0.2) is 4.57 Å². The minimum Gasteiger partial charge on any atom is -0.462 e. The van der Waals surface area contributed by atoms with Gasteiger partial charge < -0.3 is 24.2 Å². The van der Waals surface area contributed by atoms with Gasteiger partial charge in [0.1, 0.15) is 12.7 Å². The summed E-state index contributed by atoms with van der Waals surface area (Å²) in [7, 11) is -4.77. The summed E-state index contributed by atoms with van der Waals surface area (Å²) in [6.07, 6.45) is 76.4. The average molecular weight is 1170 g/mol. The summed E-state index contributed by atoms with van der Waals surface area (Å²) in [5, 5.41) is 9.86. The van der Waals surface area contributed by atoms with Crippen molar-refractivity contribution in [2.24, 2.45) is 0 Å². The zero-order valence-corrected chi connectivity index (χ0v) is 53.3. The molecule has 0 saturated heterocycles. The van der Waals surface area contributed by atoms with Gasteiger partial charge >= 0.3 is 25.7 Å². The molecule has 0 bridgehead atoms. The number of aliphatic hydroxyl groups excluding tert-OH is 1. The van der Waals surface area contributed by atoms with E-state index in [0.29, 0.717) is 19.3 Å². The predicted molar refractivity (Wildman–Crippen MR) is 344 cm³/mol. The van der Waals surface area contributed by atoms with Crippen LogP contribution in [-0.4, -0.2) is 66.5 Å². The summed E-state index contributed by atoms with van der Waals surface area (Å²) in [6, 6.07) is 0. The molecular formula is C70H121O11P. The monoisotopic (exact) mass is 1170 g/mol. The maximum atomic E-state index is 13.0. The fraction of sp³-hybridized carbons (Fsp3) is 0.729. The van der Waals surface area contributed by atoms with Gasteiger partial charge in [-0.1, -0.05) is 246 Å². The number of allylic oxidation sites excluding steroid dienone is 16. The van der Waals surface area contributed by atoms with Crippen molar-refractivity contribution < 1.29 is 52.2 Å². The van der Waals surface area contributed by atoms with Crippen molar-refractivity contribution in [2.75, 3.05) is 26.4 Å². The van der Waals surface area contributed by atoms with Crippen molar-refractivity contribution in [3.8, 4) is 0 Å². The van der Waals surface area contributed by atoms with E-state index in [1.807, 2.05) is 0 Å². The second-order valence-electron chi connectivity index (χ2n) is 21.9.